The fraction of sp³-hybridized carbons (Fsp3) is 0.469. The first-order valence-corrected chi connectivity index (χ1v) is 13.7. The smallest absolute Gasteiger partial charge is 0.388 e. The highest BCUT2D eigenvalue weighted by atomic mass is 19.4. The number of pyridine rings is 1. The molecule has 3 aromatic rings. The van der Waals surface area contributed by atoms with E-state index >= 15 is 4.39 Å². The third-order valence-corrected chi connectivity index (χ3v) is 8.93. The lowest BCUT2D eigenvalue weighted by atomic mass is 9.65. The summed E-state index contributed by atoms with van der Waals surface area (Å²) in [4.78, 5) is 5.12. The number of rotatable bonds is 5. The van der Waals surface area contributed by atoms with Crippen molar-refractivity contribution in [3.63, 3.8) is 0 Å². The maximum atomic E-state index is 16.0. The van der Waals surface area contributed by atoms with Crippen LogP contribution in [0.3, 0.4) is 0 Å². The quantitative estimate of drug-likeness (QED) is 0.326. The Balaban J connectivity index is 1.69. The van der Waals surface area contributed by atoms with E-state index < -0.39 is 29.8 Å². The van der Waals surface area contributed by atoms with Crippen molar-refractivity contribution in [2.24, 2.45) is 11.3 Å². The summed E-state index contributed by atoms with van der Waals surface area (Å²) in [7, 11) is 0. The van der Waals surface area contributed by atoms with Crippen molar-refractivity contribution in [1.29, 1.82) is 0 Å². The molecule has 1 fully saturated rings. The van der Waals surface area contributed by atoms with E-state index in [1.165, 1.54) is 24.3 Å². The van der Waals surface area contributed by atoms with Gasteiger partial charge < -0.3 is 5.11 Å². The van der Waals surface area contributed by atoms with Crippen LogP contribution in [0.5, 0.6) is 0 Å². The second-order valence-electron chi connectivity index (χ2n) is 11.9. The van der Waals surface area contributed by atoms with Crippen molar-refractivity contribution in [3.05, 3.63) is 88.0 Å². The average Bonchev–Trinajstić information content (AvgIpc) is 3.42. The third-order valence-electron chi connectivity index (χ3n) is 8.93. The highest BCUT2D eigenvalue weighted by Gasteiger charge is 2.42. The summed E-state index contributed by atoms with van der Waals surface area (Å²) in [5, 5.41) is 11.6. The molecule has 0 amide bonds. The molecule has 2 aromatic carbocycles. The standard InChI is InChI=1S/C32H34F5NO/c1-18-30(39)28-26(17-31(18,2)3)38-29(21-6-4-5-7-21)24(27(28)20-10-14-23(33)15-11-20)16-25(34)19-8-12-22(13-9-19)32(35,36)37/h8-15,18,21,25,30,39H,4-7,16-17H2,1-3H3. The number of aliphatic hydroxyl groups excluding tert-OH is 1. The number of hydrogen-bond acceptors (Lipinski definition) is 2. The lowest BCUT2D eigenvalue weighted by Crippen LogP contribution is -2.36. The van der Waals surface area contributed by atoms with Crippen molar-refractivity contribution < 1.29 is 27.1 Å². The van der Waals surface area contributed by atoms with Crippen LogP contribution in [-0.2, 0) is 19.0 Å². The summed E-state index contributed by atoms with van der Waals surface area (Å²) < 4.78 is 69.2. The Labute approximate surface area is 226 Å². The molecule has 2 nitrogen and oxygen atoms in total. The predicted octanol–water partition coefficient (Wildman–Crippen LogP) is 9.07. The van der Waals surface area contributed by atoms with Crippen LogP contribution in [0, 0.1) is 17.2 Å². The van der Waals surface area contributed by atoms with Crippen LogP contribution < -0.4 is 0 Å². The topological polar surface area (TPSA) is 33.1 Å². The van der Waals surface area contributed by atoms with Gasteiger partial charge in [-0.15, -0.1) is 0 Å². The molecule has 1 aromatic heterocycles. The number of halogens is 5. The Morgan fingerprint density at radius 1 is 1.00 bits per heavy atom. The fourth-order valence-electron chi connectivity index (χ4n) is 6.30. The third kappa shape index (κ3) is 5.34. The number of aliphatic hydroxyl groups is 1. The molecule has 2 aliphatic rings. The van der Waals surface area contributed by atoms with Gasteiger partial charge >= 0.3 is 6.18 Å². The first-order chi connectivity index (χ1) is 18.4. The highest BCUT2D eigenvalue weighted by Crippen LogP contribution is 2.51. The van der Waals surface area contributed by atoms with Gasteiger partial charge in [0, 0.05) is 29.3 Å². The molecule has 1 heterocycles. The van der Waals surface area contributed by atoms with E-state index in [9.17, 15) is 22.7 Å². The lowest BCUT2D eigenvalue weighted by Gasteiger charge is -2.42. The first-order valence-electron chi connectivity index (χ1n) is 13.7. The minimum atomic E-state index is -4.50. The van der Waals surface area contributed by atoms with E-state index in [4.69, 9.17) is 4.98 Å². The van der Waals surface area contributed by atoms with E-state index in [1.807, 2.05) is 6.92 Å². The van der Waals surface area contributed by atoms with Gasteiger partial charge in [0.05, 0.1) is 11.7 Å². The van der Waals surface area contributed by atoms with Gasteiger partial charge in [-0.3, -0.25) is 4.98 Å². The predicted molar refractivity (Wildman–Crippen MR) is 141 cm³/mol. The summed E-state index contributed by atoms with van der Waals surface area (Å²) in [6.45, 7) is 6.20. The molecular weight excluding hydrogens is 509 g/mol. The minimum Gasteiger partial charge on any atom is -0.388 e. The Morgan fingerprint density at radius 3 is 2.21 bits per heavy atom. The molecule has 7 heteroatoms. The highest BCUT2D eigenvalue weighted by molar-refractivity contribution is 5.74. The van der Waals surface area contributed by atoms with Gasteiger partial charge in [0.1, 0.15) is 12.0 Å². The lowest BCUT2D eigenvalue weighted by molar-refractivity contribution is -0.137. The zero-order chi connectivity index (χ0) is 28.1. The molecule has 3 unspecified atom stereocenters. The number of alkyl halides is 4. The van der Waals surface area contributed by atoms with Gasteiger partial charge in [-0.25, -0.2) is 8.78 Å². The van der Waals surface area contributed by atoms with Crippen LogP contribution >= 0.6 is 0 Å². The molecular formula is C32H34F5NO. The van der Waals surface area contributed by atoms with E-state index in [2.05, 4.69) is 13.8 Å². The molecule has 3 atom stereocenters. The summed E-state index contributed by atoms with van der Waals surface area (Å²) in [5.74, 6) is -0.376. The zero-order valence-electron chi connectivity index (χ0n) is 22.5. The maximum absolute atomic E-state index is 16.0. The molecule has 0 bridgehead atoms. The molecule has 1 N–H and O–H groups in total. The van der Waals surface area contributed by atoms with Gasteiger partial charge in [-0.05, 0) is 77.1 Å². The first kappa shape index (κ1) is 27.8. The Morgan fingerprint density at radius 2 is 1.62 bits per heavy atom. The fourth-order valence-corrected chi connectivity index (χ4v) is 6.30. The van der Waals surface area contributed by atoms with Crippen molar-refractivity contribution in [1.82, 2.24) is 4.98 Å². The Bertz CT molecular complexity index is 1320. The number of aromatic nitrogens is 1. The van der Waals surface area contributed by atoms with Crippen molar-refractivity contribution in [2.75, 3.05) is 0 Å². The normalized spacial score (nSPS) is 22.1. The van der Waals surface area contributed by atoms with Gasteiger partial charge in [0.15, 0.2) is 0 Å². The van der Waals surface area contributed by atoms with E-state index in [1.54, 1.807) is 12.1 Å². The van der Waals surface area contributed by atoms with Crippen LogP contribution in [-0.4, -0.2) is 10.1 Å². The van der Waals surface area contributed by atoms with Crippen LogP contribution in [0.4, 0.5) is 22.0 Å². The summed E-state index contributed by atoms with van der Waals surface area (Å²) >= 11 is 0. The molecule has 39 heavy (non-hydrogen) atoms. The molecule has 0 saturated heterocycles. The maximum Gasteiger partial charge on any atom is 0.416 e. The second kappa shape index (κ2) is 10.3. The van der Waals surface area contributed by atoms with Gasteiger partial charge in [0.25, 0.3) is 0 Å². The second-order valence-corrected chi connectivity index (χ2v) is 11.9. The number of hydrogen-bond donors (Lipinski definition) is 1. The van der Waals surface area contributed by atoms with E-state index in [-0.39, 0.29) is 29.2 Å². The Kier molecular flexibility index (Phi) is 7.34. The van der Waals surface area contributed by atoms with Gasteiger partial charge in [-0.1, -0.05) is 57.9 Å². The zero-order valence-corrected chi connectivity index (χ0v) is 22.5. The molecule has 1 saturated carbocycles. The average molecular weight is 544 g/mol. The molecule has 5 rings (SSSR count). The molecule has 0 spiro atoms. The largest absolute Gasteiger partial charge is 0.416 e. The number of fused-ring (bicyclic) bond motifs is 1. The minimum absolute atomic E-state index is 0.102. The molecule has 0 aliphatic heterocycles. The molecule has 0 radical (unpaired) electrons. The summed E-state index contributed by atoms with van der Waals surface area (Å²) in [6.07, 6.45) is -2.48. The number of benzene rings is 2. The van der Waals surface area contributed by atoms with Gasteiger partial charge in [0.2, 0.25) is 0 Å². The van der Waals surface area contributed by atoms with Crippen LogP contribution in [0.15, 0.2) is 48.5 Å². The van der Waals surface area contributed by atoms with Crippen LogP contribution in [0.1, 0.15) is 98.3 Å². The molecule has 2 aliphatic carbocycles. The van der Waals surface area contributed by atoms with Crippen LogP contribution in [0.25, 0.3) is 11.1 Å². The monoisotopic (exact) mass is 543 g/mol. The van der Waals surface area contributed by atoms with Crippen molar-refractivity contribution in [2.45, 2.75) is 83.7 Å². The van der Waals surface area contributed by atoms with Crippen LogP contribution in [0.2, 0.25) is 0 Å². The Hall–Kier alpha value is -2.80. The van der Waals surface area contributed by atoms with Crippen molar-refractivity contribution >= 4 is 0 Å². The van der Waals surface area contributed by atoms with Gasteiger partial charge in [-0.2, -0.15) is 13.2 Å². The molecule has 208 valence electrons. The SMILES string of the molecule is CC1C(O)c2c(nc(C3CCCC3)c(CC(F)c3ccc(C(F)(F)F)cc3)c2-c2ccc(F)cc2)CC1(C)C. The summed E-state index contributed by atoms with van der Waals surface area (Å²) in [5.41, 5.74) is 3.39. The van der Waals surface area contributed by atoms with E-state index in [0.717, 1.165) is 49.2 Å². The summed E-state index contributed by atoms with van der Waals surface area (Å²) in [6, 6.07) is 10.2. The van der Waals surface area contributed by atoms with Crippen molar-refractivity contribution in [3.8, 4) is 11.1 Å². The van der Waals surface area contributed by atoms with E-state index in [0.29, 0.717) is 28.7 Å². The number of nitrogens with zero attached hydrogens (tertiary/aromatic N) is 1.